The molecule has 0 saturated carbocycles. The van der Waals surface area contributed by atoms with Gasteiger partial charge in [0.1, 0.15) is 11.6 Å². The molecule has 0 aliphatic heterocycles. The van der Waals surface area contributed by atoms with Crippen molar-refractivity contribution in [1.82, 2.24) is 0 Å². The van der Waals surface area contributed by atoms with E-state index in [4.69, 9.17) is 4.74 Å². The predicted molar refractivity (Wildman–Crippen MR) is 94.5 cm³/mol. The van der Waals surface area contributed by atoms with Gasteiger partial charge in [-0.3, -0.25) is 9.59 Å². The SMILES string of the molecule is CC(=O)CC(C)(C)SCCOCCSC(C)(C)CC(C)=O. The molecule has 5 heteroatoms. The van der Waals surface area contributed by atoms with E-state index in [1.54, 1.807) is 37.4 Å². The second kappa shape index (κ2) is 9.90. The maximum atomic E-state index is 11.1. The van der Waals surface area contributed by atoms with Crippen molar-refractivity contribution in [1.29, 1.82) is 0 Å². The Morgan fingerprint density at radius 3 is 1.43 bits per heavy atom. The van der Waals surface area contributed by atoms with Gasteiger partial charge in [-0.15, -0.1) is 0 Å². The highest BCUT2D eigenvalue weighted by atomic mass is 32.2. The summed E-state index contributed by atoms with van der Waals surface area (Å²) in [6.07, 6.45) is 1.21. The first-order valence-electron chi connectivity index (χ1n) is 7.39. The first kappa shape index (κ1) is 21.0. The second-order valence-corrected chi connectivity index (χ2v) is 10.2. The van der Waals surface area contributed by atoms with Crippen molar-refractivity contribution in [3.63, 3.8) is 0 Å². The number of Topliss-reactive ketones (excluding diaryl/α,β-unsaturated/α-hetero) is 2. The maximum Gasteiger partial charge on any atom is 0.131 e. The molecule has 0 aromatic rings. The summed E-state index contributed by atoms with van der Waals surface area (Å²) in [6.45, 7) is 13.1. The Labute approximate surface area is 138 Å². The zero-order valence-corrected chi connectivity index (χ0v) is 15.9. The number of carbonyl (C=O) groups is 2. The molecule has 0 bridgehead atoms. The van der Waals surface area contributed by atoms with Gasteiger partial charge in [-0.1, -0.05) is 27.7 Å². The molecule has 0 atom stereocenters. The highest BCUT2D eigenvalue weighted by molar-refractivity contribution is 8.00. The number of ketones is 2. The Kier molecular flexibility index (Phi) is 9.90. The number of hydrogen-bond acceptors (Lipinski definition) is 5. The summed E-state index contributed by atoms with van der Waals surface area (Å²) in [5.41, 5.74) is 0. The lowest BCUT2D eigenvalue weighted by Gasteiger charge is -2.23. The third kappa shape index (κ3) is 13.4. The standard InChI is InChI=1S/C16H30O3S2/c1-13(17)11-15(3,4)20-9-7-19-8-10-21-16(5,6)12-14(2)18/h7-12H2,1-6H3. The minimum atomic E-state index is -0.00653. The molecular formula is C16H30O3S2. The summed E-state index contributed by atoms with van der Waals surface area (Å²) in [6, 6.07) is 0. The molecule has 0 aromatic heterocycles. The van der Waals surface area contributed by atoms with Gasteiger partial charge in [-0.2, -0.15) is 23.5 Å². The Hall–Kier alpha value is -0.0000000000000000555. The minimum Gasteiger partial charge on any atom is -0.380 e. The minimum absolute atomic E-state index is 0.00653. The van der Waals surface area contributed by atoms with Crippen molar-refractivity contribution in [2.75, 3.05) is 24.7 Å². The van der Waals surface area contributed by atoms with Crippen molar-refractivity contribution in [2.24, 2.45) is 0 Å². The smallest absolute Gasteiger partial charge is 0.131 e. The monoisotopic (exact) mass is 334 g/mol. The predicted octanol–water partition coefficient (Wildman–Crippen LogP) is 3.98. The van der Waals surface area contributed by atoms with Gasteiger partial charge in [0.2, 0.25) is 0 Å². The van der Waals surface area contributed by atoms with Crippen LogP contribution in [0.2, 0.25) is 0 Å². The molecule has 124 valence electrons. The van der Waals surface area contributed by atoms with E-state index in [1.165, 1.54) is 0 Å². The lowest BCUT2D eigenvalue weighted by molar-refractivity contribution is -0.118. The Balaban J connectivity index is 3.65. The van der Waals surface area contributed by atoms with E-state index >= 15 is 0 Å². The van der Waals surface area contributed by atoms with Crippen molar-refractivity contribution >= 4 is 35.1 Å². The van der Waals surface area contributed by atoms with E-state index in [9.17, 15) is 9.59 Å². The Morgan fingerprint density at radius 2 is 1.14 bits per heavy atom. The van der Waals surface area contributed by atoms with E-state index < -0.39 is 0 Å². The summed E-state index contributed by atoms with van der Waals surface area (Å²) < 4.78 is 5.61. The molecule has 0 radical (unpaired) electrons. The number of thioether (sulfide) groups is 2. The van der Waals surface area contributed by atoms with E-state index in [-0.39, 0.29) is 21.1 Å². The zero-order valence-electron chi connectivity index (χ0n) is 14.3. The van der Waals surface area contributed by atoms with E-state index in [1.807, 2.05) is 0 Å². The summed E-state index contributed by atoms with van der Waals surface area (Å²) in [5.74, 6) is 2.28. The summed E-state index contributed by atoms with van der Waals surface area (Å²) >= 11 is 3.56. The molecule has 0 aliphatic carbocycles. The number of rotatable bonds is 12. The largest absolute Gasteiger partial charge is 0.380 e. The van der Waals surface area contributed by atoms with Crippen LogP contribution in [0.1, 0.15) is 54.4 Å². The summed E-state index contributed by atoms with van der Waals surface area (Å²) in [5, 5.41) is 0. The second-order valence-electron chi connectivity index (χ2n) is 6.59. The molecule has 0 saturated heterocycles. The molecule has 0 N–H and O–H groups in total. The first-order chi connectivity index (χ1) is 9.54. The van der Waals surface area contributed by atoms with Crippen LogP contribution < -0.4 is 0 Å². The van der Waals surface area contributed by atoms with Gasteiger partial charge in [-0.25, -0.2) is 0 Å². The van der Waals surface area contributed by atoms with Crippen molar-refractivity contribution in [3.05, 3.63) is 0 Å². The van der Waals surface area contributed by atoms with E-state index in [0.29, 0.717) is 26.1 Å². The van der Waals surface area contributed by atoms with Gasteiger partial charge in [0, 0.05) is 33.8 Å². The third-order valence-electron chi connectivity index (χ3n) is 2.79. The molecule has 0 aliphatic rings. The van der Waals surface area contributed by atoms with Crippen LogP contribution in [0.15, 0.2) is 0 Å². The fraction of sp³-hybridized carbons (Fsp3) is 0.875. The third-order valence-corrected chi connectivity index (χ3v) is 5.38. The van der Waals surface area contributed by atoms with Gasteiger partial charge in [0.15, 0.2) is 0 Å². The quantitative estimate of drug-likeness (QED) is 0.505. The molecule has 3 nitrogen and oxygen atoms in total. The van der Waals surface area contributed by atoms with Gasteiger partial charge in [-0.05, 0) is 13.8 Å². The van der Waals surface area contributed by atoms with Crippen molar-refractivity contribution < 1.29 is 14.3 Å². The van der Waals surface area contributed by atoms with Crippen LogP contribution in [0.4, 0.5) is 0 Å². The number of hydrogen-bond donors (Lipinski definition) is 0. The fourth-order valence-electron chi connectivity index (χ4n) is 2.16. The molecular weight excluding hydrogens is 304 g/mol. The molecule has 21 heavy (non-hydrogen) atoms. The van der Waals surface area contributed by atoms with Crippen molar-refractivity contribution in [3.8, 4) is 0 Å². The molecule has 0 unspecified atom stereocenters. The van der Waals surface area contributed by atoms with E-state index in [2.05, 4.69) is 27.7 Å². The van der Waals surface area contributed by atoms with Crippen LogP contribution in [-0.2, 0) is 14.3 Å². The van der Waals surface area contributed by atoms with Crippen LogP contribution in [-0.4, -0.2) is 45.8 Å². The van der Waals surface area contributed by atoms with Crippen molar-refractivity contribution in [2.45, 2.75) is 63.9 Å². The molecule has 0 heterocycles. The maximum absolute atomic E-state index is 11.1. The van der Waals surface area contributed by atoms with Gasteiger partial charge in [0.25, 0.3) is 0 Å². The van der Waals surface area contributed by atoms with Crippen LogP contribution in [0, 0.1) is 0 Å². The number of carbonyl (C=O) groups excluding carboxylic acids is 2. The Bertz CT molecular complexity index is 306. The zero-order chi connectivity index (χ0) is 16.5. The van der Waals surface area contributed by atoms with Crippen LogP contribution in [0.3, 0.4) is 0 Å². The van der Waals surface area contributed by atoms with Gasteiger partial charge in [0.05, 0.1) is 13.2 Å². The highest BCUT2D eigenvalue weighted by Crippen LogP contribution is 2.29. The van der Waals surface area contributed by atoms with E-state index in [0.717, 1.165) is 11.5 Å². The molecule has 0 spiro atoms. The van der Waals surface area contributed by atoms with Crippen LogP contribution in [0.25, 0.3) is 0 Å². The topological polar surface area (TPSA) is 43.4 Å². The lowest BCUT2D eigenvalue weighted by Crippen LogP contribution is -2.21. The Morgan fingerprint density at radius 1 is 0.810 bits per heavy atom. The number of ether oxygens (including phenoxy) is 1. The van der Waals surface area contributed by atoms with Crippen LogP contribution >= 0.6 is 23.5 Å². The fourth-order valence-corrected chi connectivity index (χ4v) is 4.28. The molecule has 0 fully saturated rings. The van der Waals surface area contributed by atoms with Gasteiger partial charge < -0.3 is 4.74 Å². The highest BCUT2D eigenvalue weighted by Gasteiger charge is 2.21. The normalized spacial score (nSPS) is 12.5. The summed E-state index contributed by atoms with van der Waals surface area (Å²) in [7, 11) is 0. The average Bonchev–Trinajstić information content (AvgIpc) is 2.23. The van der Waals surface area contributed by atoms with Crippen LogP contribution in [0.5, 0.6) is 0 Å². The summed E-state index contributed by atoms with van der Waals surface area (Å²) in [4.78, 5) is 22.3. The lowest BCUT2D eigenvalue weighted by atomic mass is 10.1. The molecule has 0 aromatic carbocycles. The average molecular weight is 335 g/mol. The molecule has 0 rings (SSSR count). The first-order valence-corrected chi connectivity index (χ1v) is 9.36. The molecule has 0 amide bonds. The van der Waals surface area contributed by atoms with Gasteiger partial charge >= 0.3 is 0 Å².